The molecule has 1 fully saturated rings. The molecule has 0 saturated heterocycles. The Kier molecular flexibility index (Phi) is 5.06. The van der Waals surface area contributed by atoms with E-state index in [4.69, 9.17) is 5.11 Å². The molecule has 1 saturated carbocycles. The van der Waals surface area contributed by atoms with Crippen LogP contribution >= 0.6 is 11.8 Å². The van der Waals surface area contributed by atoms with E-state index in [2.05, 4.69) is 12.2 Å². The lowest BCUT2D eigenvalue weighted by Gasteiger charge is -2.21. The summed E-state index contributed by atoms with van der Waals surface area (Å²) >= 11 is 1.86. The summed E-state index contributed by atoms with van der Waals surface area (Å²) < 4.78 is 0. The Balaban J connectivity index is 2.23. The van der Waals surface area contributed by atoms with Gasteiger partial charge in [-0.1, -0.05) is 13.3 Å². The third-order valence-corrected chi connectivity index (χ3v) is 4.94. The maximum atomic E-state index is 11.1. The number of hydrogen-bond acceptors (Lipinski definition) is 5. The van der Waals surface area contributed by atoms with Crippen LogP contribution in [-0.4, -0.2) is 33.0 Å². The quantitative estimate of drug-likeness (QED) is 0.618. The van der Waals surface area contributed by atoms with Crippen LogP contribution < -0.4 is 5.32 Å². The van der Waals surface area contributed by atoms with Crippen molar-refractivity contribution in [1.82, 2.24) is 0 Å². The molecule has 2 unspecified atom stereocenters. The summed E-state index contributed by atoms with van der Waals surface area (Å²) in [6.45, 7) is 2.10. The summed E-state index contributed by atoms with van der Waals surface area (Å²) in [7, 11) is 0. The van der Waals surface area contributed by atoms with Crippen molar-refractivity contribution < 1.29 is 14.8 Å². The van der Waals surface area contributed by atoms with Crippen molar-refractivity contribution in [2.45, 2.75) is 37.5 Å². The molecule has 1 aromatic carbocycles. The number of aromatic carboxylic acids is 1. The summed E-state index contributed by atoms with van der Waals surface area (Å²) in [6, 6.07) is 4.20. The van der Waals surface area contributed by atoms with Gasteiger partial charge >= 0.3 is 5.97 Å². The highest BCUT2D eigenvalue weighted by molar-refractivity contribution is 7.99. The van der Waals surface area contributed by atoms with Crippen molar-refractivity contribution in [2.75, 3.05) is 11.1 Å². The van der Waals surface area contributed by atoms with E-state index in [9.17, 15) is 14.9 Å². The monoisotopic (exact) mass is 310 g/mol. The molecule has 0 spiro atoms. The van der Waals surface area contributed by atoms with Gasteiger partial charge in [0.05, 0.1) is 10.5 Å². The number of carboxylic acid groups (broad SMARTS) is 1. The number of carbonyl (C=O) groups is 1. The molecule has 0 aliphatic heterocycles. The molecule has 2 rings (SSSR count). The van der Waals surface area contributed by atoms with Crippen LogP contribution in [0.1, 0.15) is 36.5 Å². The van der Waals surface area contributed by atoms with Gasteiger partial charge in [0, 0.05) is 17.4 Å². The third kappa shape index (κ3) is 3.66. The number of nitrogens with one attached hydrogen (secondary N) is 1. The van der Waals surface area contributed by atoms with Crippen molar-refractivity contribution >= 4 is 29.1 Å². The van der Waals surface area contributed by atoms with Crippen LogP contribution in [0.4, 0.5) is 11.4 Å². The first-order chi connectivity index (χ1) is 10.0. The van der Waals surface area contributed by atoms with Crippen LogP contribution in [0.25, 0.3) is 0 Å². The zero-order valence-corrected chi connectivity index (χ0v) is 12.6. The summed E-state index contributed by atoms with van der Waals surface area (Å²) in [4.78, 5) is 21.5. The highest BCUT2D eigenvalue weighted by atomic mass is 32.2. The van der Waals surface area contributed by atoms with E-state index in [1.165, 1.54) is 12.1 Å². The fourth-order valence-corrected chi connectivity index (χ4v) is 3.84. The van der Waals surface area contributed by atoms with Crippen molar-refractivity contribution in [3.63, 3.8) is 0 Å². The van der Waals surface area contributed by atoms with Gasteiger partial charge in [-0.25, -0.2) is 4.79 Å². The smallest absolute Gasteiger partial charge is 0.335 e. The van der Waals surface area contributed by atoms with Crippen molar-refractivity contribution in [3.8, 4) is 0 Å². The summed E-state index contributed by atoms with van der Waals surface area (Å²) in [5, 5.41) is 23.8. The molecular weight excluding hydrogens is 292 g/mol. The van der Waals surface area contributed by atoms with Crippen molar-refractivity contribution in [2.24, 2.45) is 0 Å². The first-order valence-corrected chi connectivity index (χ1v) is 7.97. The van der Waals surface area contributed by atoms with E-state index in [1.54, 1.807) is 0 Å². The average Bonchev–Trinajstić information content (AvgIpc) is 2.86. The van der Waals surface area contributed by atoms with Gasteiger partial charge in [0.25, 0.3) is 5.69 Å². The SMILES string of the molecule is CCSC1CCCC1Nc1ccc(C(=O)O)cc1[N+](=O)[O-]. The second kappa shape index (κ2) is 6.80. The second-order valence-corrected chi connectivity index (χ2v) is 6.49. The molecule has 2 N–H and O–H groups in total. The molecule has 0 amide bonds. The van der Waals surface area contributed by atoms with Crippen LogP contribution in [0.5, 0.6) is 0 Å². The number of nitro benzene ring substituents is 1. The Hall–Kier alpha value is -1.76. The second-order valence-electron chi connectivity index (χ2n) is 4.97. The summed E-state index contributed by atoms with van der Waals surface area (Å²) in [5.41, 5.74) is 0.152. The normalized spacial score (nSPS) is 21.2. The average molecular weight is 310 g/mol. The van der Waals surface area contributed by atoms with E-state index in [0.29, 0.717) is 10.9 Å². The molecule has 0 bridgehead atoms. The van der Waals surface area contributed by atoms with Gasteiger partial charge < -0.3 is 10.4 Å². The molecule has 1 aliphatic carbocycles. The minimum atomic E-state index is -1.16. The third-order valence-electron chi connectivity index (χ3n) is 3.62. The molecule has 21 heavy (non-hydrogen) atoms. The van der Waals surface area contributed by atoms with Crippen LogP contribution in [0.2, 0.25) is 0 Å². The Bertz CT molecular complexity index is 550. The number of nitrogens with zero attached hydrogens (tertiary/aromatic N) is 1. The maximum absolute atomic E-state index is 11.1. The largest absolute Gasteiger partial charge is 0.478 e. The zero-order chi connectivity index (χ0) is 15.4. The van der Waals surface area contributed by atoms with Gasteiger partial charge in [0.2, 0.25) is 0 Å². The molecule has 2 atom stereocenters. The lowest BCUT2D eigenvalue weighted by Crippen LogP contribution is -2.26. The van der Waals surface area contributed by atoms with Gasteiger partial charge in [-0.15, -0.1) is 0 Å². The van der Waals surface area contributed by atoms with Crippen LogP contribution in [0, 0.1) is 10.1 Å². The van der Waals surface area contributed by atoms with Crippen LogP contribution in [-0.2, 0) is 0 Å². The maximum Gasteiger partial charge on any atom is 0.335 e. The minimum Gasteiger partial charge on any atom is -0.478 e. The number of carboxylic acids is 1. The number of thioether (sulfide) groups is 1. The molecular formula is C14H18N2O4S. The van der Waals surface area contributed by atoms with Crippen molar-refractivity contribution in [3.05, 3.63) is 33.9 Å². The summed E-state index contributed by atoms with van der Waals surface area (Å²) in [5.74, 6) is -0.145. The highest BCUT2D eigenvalue weighted by Gasteiger charge is 2.29. The summed E-state index contributed by atoms with van der Waals surface area (Å²) in [6.07, 6.45) is 3.20. The fraction of sp³-hybridized carbons (Fsp3) is 0.500. The van der Waals surface area contributed by atoms with E-state index in [-0.39, 0.29) is 17.3 Å². The highest BCUT2D eigenvalue weighted by Crippen LogP contribution is 2.34. The van der Waals surface area contributed by atoms with E-state index < -0.39 is 10.9 Å². The predicted octanol–water partition coefficient (Wildman–Crippen LogP) is 3.38. The lowest BCUT2D eigenvalue weighted by molar-refractivity contribution is -0.384. The first-order valence-electron chi connectivity index (χ1n) is 6.92. The Morgan fingerprint density at radius 2 is 2.29 bits per heavy atom. The molecule has 7 heteroatoms. The van der Waals surface area contributed by atoms with Gasteiger partial charge in [-0.3, -0.25) is 10.1 Å². The standard InChI is InChI=1S/C14H18N2O4S/c1-2-21-13-5-3-4-11(13)15-10-7-6-9(14(17)18)8-12(10)16(19)20/h6-8,11,13,15H,2-5H2,1H3,(H,17,18). The Labute approximate surface area is 127 Å². The number of nitro groups is 1. The van der Waals surface area contributed by atoms with E-state index in [1.807, 2.05) is 11.8 Å². The van der Waals surface area contributed by atoms with Gasteiger partial charge in [0.1, 0.15) is 5.69 Å². The topological polar surface area (TPSA) is 92.5 Å². The first kappa shape index (κ1) is 15.6. The molecule has 0 radical (unpaired) electrons. The minimum absolute atomic E-state index is 0.0712. The molecule has 114 valence electrons. The van der Waals surface area contributed by atoms with Gasteiger partial charge in [-0.2, -0.15) is 11.8 Å². The predicted molar refractivity (Wildman–Crippen MR) is 83.2 cm³/mol. The van der Waals surface area contributed by atoms with Crippen LogP contribution in [0.15, 0.2) is 18.2 Å². The molecule has 6 nitrogen and oxygen atoms in total. The Morgan fingerprint density at radius 3 is 2.90 bits per heavy atom. The fourth-order valence-electron chi connectivity index (χ4n) is 2.64. The van der Waals surface area contributed by atoms with Gasteiger partial charge in [0.15, 0.2) is 0 Å². The van der Waals surface area contributed by atoms with E-state index in [0.717, 1.165) is 31.1 Å². The van der Waals surface area contributed by atoms with Crippen molar-refractivity contribution in [1.29, 1.82) is 0 Å². The number of rotatable bonds is 6. The molecule has 0 aromatic heterocycles. The number of hydrogen-bond donors (Lipinski definition) is 2. The Morgan fingerprint density at radius 1 is 1.52 bits per heavy atom. The molecule has 1 aliphatic rings. The molecule has 0 heterocycles. The molecule has 1 aromatic rings. The zero-order valence-electron chi connectivity index (χ0n) is 11.7. The number of benzene rings is 1. The van der Waals surface area contributed by atoms with Gasteiger partial charge in [-0.05, 0) is 30.7 Å². The van der Waals surface area contributed by atoms with Crippen LogP contribution in [0.3, 0.4) is 0 Å². The van der Waals surface area contributed by atoms with E-state index >= 15 is 0 Å². The lowest BCUT2D eigenvalue weighted by atomic mass is 10.1. The number of anilines is 1.